The Morgan fingerprint density at radius 2 is 1.71 bits per heavy atom. The molecule has 0 aliphatic heterocycles. The van der Waals surface area contributed by atoms with Crippen molar-refractivity contribution in [3.05, 3.63) is 0 Å². The molecular formula is C15H29NO. The van der Waals surface area contributed by atoms with Crippen LogP contribution in [0.3, 0.4) is 0 Å². The summed E-state index contributed by atoms with van der Waals surface area (Å²) in [7, 11) is 0. The third kappa shape index (κ3) is 2.68. The molecule has 3 N–H and O–H groups in total. The Bertz CT molecular complexity index is 257. The minimum atomic E-state index is -0.131. The summed E-state index contributed by atoms with van der Waals surface area (Å²) in [5.41, 5.74) is 6.45. The fraction of sp³-hybridized carbons (Fsp3) is 1.00. The molecule has 2 nitrogen and oxygen atoms in total. The van der Waals surface area contributed by atoms with Crippen LogP contribution < -0.4 is 5.73 Å². The van der Waals surface area contributed by atoms with E-state index >= 15 is 0 Å². The zero-order valence-electron chi connectivity index (χ0n) is 11.7. The van der Waals surface area contributed by atoms with Crippen molar-refractivity contribution >= 4 is 0 Å². The molecule has 2 aliphatic carbocycles. The zero-order valence-corrected chi connectivity index (χ0v) is 11.7. The van der Waals surface area contributed by atoms with Crippen molar-refractivity contribution < 1.29 is 5.11 Å². The van der Waals surface area contributed by atoms with Crippen LogP contribution in [0.15, 0.2) is 0 Å². The van der Waals surface area contributed by atoms with Gasteiger partial charge in [-0.05, 0) is 55.8 Å². The van der Waals surface area contributed by atoms with Gasteiger partial charge in [-0.2, -0.15) is 0 Å². The molecule has 2 rings (SSSR count). The Morgan fingerprint density at radius 1 is 1.18 bits per heavy atom. The Labute approximate surface area is 106 Å². The molecule has 0 bridgehead atoms. The molecule has 0 spiro atoms. The first kappa shape index (κ1) is 13.4. The van der Waals surface area contributed by atoms with E-state index in [0.29, 0.717) is 17.9 Å². The van der Waals surface area contributed by atoms with E-state index in [1.54, 1.807) is 0 Å². The number of nitrogens with two attached hydrogens (primary N) is 1. The third-order valence-corrected chi connectivity index (χ3v) is 5.31. The molecule has 0 aromatic heterocycles. The maximum atomic E-state index is 10.5. The van der Waals surface area contributed by atoms with Gasteiger partial charge in [0.25, 0.3) is 0 Å². The van der Waals surface area contributed by atoms with Gasteiger partial charge < -0.3 is 10.8 Å². The van der Waals surface area contributed by atoms with Crippen molar-refractivity contribution in [1.29, 1.82) is 0 Å². The van der Waals surface area contributed by atoms with Crippen molar-refractivity contribution in [3.63, 3.8) is 0 Å². The first-order valence-corrected chi connectivity index (χ1v) is 7.27. The molecule has 17 heavy (non-hydrogen) atoms. The lowest BCUT2D eigenvalue weighted by atomic mass is 9.61. The second kappa shape index (κ2) is 4.55. The average molecular weight is 239 g/mol. The van der Waals surface area contributed by atoms with Crippen LogP contribution in [0.2, 0.25) is 0 Å². The molecule has 0 heterocycles. The summed E-state index contributed by atoms with van der Waals surface area (Å²) in [6.07, 6.45) is 7.03. The molecule has 2 saturated carbocycles. The lowest BCUT2D eigenvalue weighted by Gasteiger charge is -2.46. The molecule has 0 saturated heterocycles. The summed E-state index contributed by atoms with van der Waals surface area (Å²) in [4.78, 5) is 0. The van der Waals surface area contributed by atoms with Gasteiger partial charge in [0.1, 0.15) is 0 Å². The van der Waals surface area contributed by atoms with Gasteiger partial charge in [-0.25, -0.2) is 0 Å². The van der Waals surface area contributed by atoms with Gasteiger partial charge in [-0.3, -0.25) is 0 Å². The second-order valence-electron chi connectivity index (χ2n) is 7.49. The highest BCUT2D eigenvalue weighted by Crippen LogP contribution is 2.51. The minimum absolute atomic E-state index is 0.0446. The first-order chi connectivity index (χ1) is 7.89. The van der Waals surface area contributed by atoms with Gasteiger partial charge in [0.05, 0.1) is 6.10 Å². The van der Waals surface area contributed by atoms with Gasteiger partial charge in [0.15, 0.2) is 0 Å². The number of hydrogen-bond acceptors (Lipinski definition) is 2. The number of rotatable bonds is 3. The highest BCUT2D eigenvalue weighted by atomic mass is 16.3. The quantitative estimate of drug-likeness (QED) is 0.795. The van der Waals surface area contributed by atoms with E-state index in [0.717, 1.165) is 18.8 Å². The zero-order chi connectivity index (χ0) is 12.7. The van der Waals surface area contributed by atoms with Crippen LogP contribution in [0.5, 0.6) is 0 Å². The largest absolute Gasteiger partial charge is 0.392 e. The highest BCUT2D eigenvalue weighted by molar-refractivity contribution is 4.99. The molecule has 0 radical (unpaired) electrons. The Balaban J connectivity index is 1.99. The van der Waals surface area contributed by atoms with E-state index in [1.165, 1.54) is 25.7 Å². The normalized spacial score (nSPS) is 36.9. The van der Waals surface area contributed by atoms with Crippen molar-refractivity contribution in [1.82, 2.24) is 0 Å². The van der Waals surface area contributed by atoms with E-state index in [1.807, 2.05) is 0 Å². The van der Waals surface area contributed by atoms with E-state index in [-0.39, 0.29) is 11.5 Å². The summed E-state index contributed by atoms with van der Waals surface area (Å²) in [6, 6.07) is 0. The summed E-state index contributed by atoms with van der Waals surface area (Å²) in [5, 5.41) is 10.5. The van der Waals surface area contributed by atoms with Gasteiger partial charge >= 0.3 is 0 Å². The standard InChI is InChI=1S/C15H29NO/c1-14(2,3)12-6-8-15(10-16,9-7-12)13(17)11-4-5-11/h11-13,17H,4-10,16H2,1-3H3. The van der Waals surface area contributed by atoms with E-state index in [9.17, 15) is 5.11 Å². The van der Waals surface area contributed by atoms with Gasteiger partial charge in [-0.15, -0.1) is 0 Å². The molecule has 0 amide bonds. The van der Waals surface area contributed by atoms with Crippen LogP contribution in [0.1, 0.15) is 59.3 Å². The van der Waals surface area contributed by atoms with Crippen LogP contribution in [0.25, 0.3) is 0 Å². The van der Waals surface area contributed by atoms with Crippen LogP contribution in [-0.4, -0.2) is 17.8 Å². The third-order valence-electron chi connectivity index (χ3n) is 5.31. The van der Waals surface area contributed by atoms with Crippen molar-refractivity contribution in [3.8, 4) is 0 Å². The SMILES string of the molecule is CC(C)(C)C1CCC(CN)(C(O)C2CC2)CC1. The second-order valence-corrected chi connectivity index (χ2v) is 7.49. The van der Waals surface area contributed by atoms with Gasteiger partial charge in [0, 0.05) is 12.0 Å². The Hall–Kier alpha value is -0.0800. The van der Waals surface area contributed by atoms with Gasteiger partial charge in [0.2, 0.25) is 0 Å². The maximum absolute atomic E-state index is 10.5. The fourth-order valence-electron chi connectivity index (χ4n) is 3.59. The highest BCUT2D eigenvalue weighted by Gasteiger charge is 2.47. The fourth-order valence-corrected chi connectivity index (χ4v) is 3.59. The van der Waals surface area contributed by atoms with E-state index < -0.39 is 0 Å². The molecule has 2 aliphatic rings. The average Bonchev–Trinajstić information content (AvgIpc) is 3.10. The van der Waals surface area contributed by atoms with E-state index in [2.05, 4.69) is 20.8 Å². The lowest BCUT2D eigenvalue weighted by Crippen LogP contribution is -2.46. The first-order valence-electron chi connectivity index (χ1n) is 7.27. The number of aliphatic hydroxyl groups is 1. The maximum Gasteiger partial charge on any atom is 0.0636 e. The Kier molecular flexibility index (Phi) is 3.57. The summed E-state index contributed by atoms with van der Waals surface area (Å²) < 4.78 is 0. The number of hydrogen-bond donors (Lipinski definition) is 2. The smallest absolute Gasteiger partial charge is 0.0636 e. The molecule has 0 aromatic rings. The van der Waals surface area contributed by atoms with Crippen LogP contribution in [0.4, 0.5) is 0 Å². The van der Waals surface area contributed by atoms with Crippen molar-refractivity contribution in [2.24, 2.45) is 28.4 Å². The monoisotopic (exact) mass is 239 g/mol. The van der Waals surface area contributed by atoms with E-state index in [4.69, 9.17) is 5.73 Å². The predicted octanol–water partition coefficient (Wildman–Crippen LogP) is 2.94. The number of aliphatic hydroxyl groups excluding tert-OH is 1. The van der Waals surface area contributed by atoms with Crippen LogP contribution in [0, 0.1) is 22.7 Å². The summed E-state index contributed by atoms with van der Waals surface area (Å²) in [6.45, 7) is 7.68. The molecular weight excluding hydrogens is 210 g/mol. The predicted molar refractivity (Wildman–Crippen MR) is 71.6 cm³/mol. The molecule has 0 aromatic carbocycles. The molecule has 100 valence electrons. The minimum Gasteiger partial charge on any atom is -0.392 e. The topological polar surface area (TPSA) is 46.2 Å². The van der Waals surface area contributed by atoms with Crippen molar-refractivity contribution in [2.45, 2.75) is 65.4 Å². The molecule has 1 atom stereocenters. The van der Waals surface area contributed by atoms with Gasteiger partial charge in [-0.1, -0.05) is 20.8 Å². The lowest BCUT2D eigenvalue weighted by molar-refractivity contribution is -0.0333. The van der Waals surface area contributed by atoms with Crippen LogP contribution >= 0.6 is 0 Å². The summed E-state index contributed by atoms with van der Waals surface area (Å²) in [5.74, 6) is 1.36. The molecule has 2 fully saturated rings. The van der Waals surface area contributed by atoms with Crippen LogP contribution in [-0.2, 0) is 0 Å². The Morgan fingerprint density at radius 3 is 2.06 bits per heavy atom. The molecule has 1 unspecified atom stereocenters. The molecule has 2 heteroatoms. The van der Waals surface area contributed by atoms with Crippen molar-refractivity contribution in [2.75, 3.05) is 6.54 Å². The summed E-state index contributed by atoms with van der Waals surface area (Å²) >= 11 is 0.